The Hall–Kier alpha value is -2.93. The Bertz CT molecular complexity index is 919. The first-order valence-electron chi connectivity index (χ1n) is 8.93. The van der Waals surface area contributed by atoms with Crippen LogP contribution in [0.15, 0.2) is 48.5 Å². The van der Waals surface area contributed by atoms with Gasteiger partial charge in [-0.1, -0.05) is 24.3 Å². The van der Waals surface area contributed by atoms with Crippen LogP contribution in [-0.4, -0.2) is 31.1 Å². The maximum absolute atomic E-state index is 12.5. The molecule has 28 heavy (non-hydrogen) atoms. The highest BCUT2D eigenvalue weighted by molar-refractivity contribution is 7.18. The van der Waals surface area contributed by atoms with E-state index < -0.39 is 6.04 Å². The predicted molar refractivity (Wildman–Crippen MR) is 108 cm³/mol. The number of carbonyl (C=O) groups excluding carboxylic acids is 2. The number of methoxy groups -OCH3 is 2. The number of fused-ring (bicyclic) bond motifs is 1. The molecular formula is C21H22N2O4S. The molecule has 0 fully saturated rings. The van der Waals surface area contributed by atoms with E-state index in [2.05, 4.69) is 10.3 Å². The average molecular weight is 398 g/mol. The van der Waals surface area contributed by atoms with E-state index in [1.54, 1.807) is 30.6 Å². The summed E-state index contributed by atoms with van der Waals surface area (Å²) in [4.78, 5) is 28.8. The number of hydrogen-bond acceptors (Lipinski definition) is 6. The summed E-state index contributed by atoms with van der Waals surface area (Å²) in [6.07, 6.45) is 0.919. The zero-order valence-corrected chi connectivity index (χ0v) is 16.6. The number of aryl methyl sites for hydroxylation is 1. The van der Waals surface area contributed by atoms with Crippen molar-refractivity contribution in [1.82, 2.24) is 10.3 Å². The maximum Gasteiger partial charge on any atom is 0.307 e. The standard InChI is InChI=1S/C21H22N2O4S/c1-26-15-9-7-14(8-10-15)17(13-21(25)27-2)22-19(24)11-12-20-23-16-5-3-4-6-18(16)28-20/h3-10,17H,11-13H2,1-2H3,(H,22,24). The van der Waals surface area contributed by atoms with Crippen molar-refractivity contribution in [2.75, 3.05) is 14.2 Å². The van der Waals surface area contributed by atoms with Gasteiger partial charge in [-0.05, 0) is 29.8 Å². The van der Waals surface area contributed by atoms with Crippen LogP contribution in [-0.2, 0) is 20.7 Å². The SMILES string of the molecule is COC(=O)CC(NC(=O)CCc1nc2ccccc2s1)c1ccc(OC)cc1. The summed E-state index contributed by atoms with van der Waals surface area (Å²) in [5, 5.41) is 3.86. The van der Waals surface area contributed by atoms with Gasteiger partial charge in [0.15, 0.2) is 0 Å². The minimum Gasteiger partial charge on any atom is -0.497 e. The minimum absolute atomic E-state index is 0.0652. The summed E-state index contributed by atoms with van der Waals surface area (Å²) in [5.41, 5.74) is 1.77. The van der Waals surface area contributed by atoms with Crippen LogP contribution in [0.4, 0.5) is 0 Å². The second kappa shape index (κ2) is 9.32. The molecule has 0 bridgehead atoms. The average Bonchev–Trinajstić information content (AvgIpc) is 3.15. The van der Waals surface area contributed by atoms with Gasteiger partial charge >= 0.3 is 5.97 Å². The molecular weight excluding hydrogens is 376 g/mol. The Kier molecular flexibility index (Phi) is 6.60. The smallest absolute Gasteiger partial charge is 0.307 e. The molecule has 0 spiro atoms. The number of rotatable bonds is 8. The number of ether oxygens (including phenoxy) is 2. The summed E-state index contributed by atoms with van der Waals surface area (Å²) in [5.74, 6) is 0.194. The highest BCUT2D eigenvalue weighted by atomic mass is 32.1. The third-order valence-electron chi connectivity index (χ3n) is 4.36. The number of nitrogens with one attached hydrogen (secondary N) is 1. The fourth-order valence-corrected chi connectivity index (χ4v) is 3.82. The first-order valence-corrected chi connectivity index (χ1v) is 9.75. The monoisotopic (exact) mass is 398 g/mol. The third kappa shape index (κ3) is 5.07. The zero-order chi connectivity index (χ0) is 19.9. The van der Waals surface area contributed by atoms with Crippen molar-refractivity contribution < 1.29 is 19.1 Å². The highest BCUT2D eigenvalue weighted by Gasteiger charge is 2.19. The van der Waals surface area contributed by atoms with Crippen LogP contribution in [0.25, 0.3) is 10.2 Å². The summed E-state index contributed by atoms with van der Waals surface area (Å²) in [6, 6.07) is 14.7. The molecule has 0 aliphatic heterocycles. The van der Waals surface area contributed by atoms with E-state index in [9.17, 15) is 9.59 Å². The molecule has 7 heteroatoms. The number of aromatic nitrogens is 1. The lowest BCUT2D eigenvalue weighted by molar-refractivity contribution is -0.141. The number of benzene rings is 2. The van der Waals surface area contributed by atoms with Crippen molar-refractivity contribution in [1.29, 1.82) is 0 Å². The lowest BCUT2D eigenvalue weighted by atomic mass is 10.0. The van der Waals surface area contributed by atoms with E-state index in [-0.39, 0.29) is 18.3 Å². The molecule has 0 aliphatic rings. The van der Waals surface area contributed by atoms with Crippen LogP contribution in [0.3, 0.4) is 0 Å². The number of amides is 1. The topological polar surface area (TPSA) is 77.5 Å². The molecule has 6 nitrogen and oxygen atoms in total. The molecule has 1 unspecified atom stereocenters. The molecule has 2 aromatic carbocycles. The molecule has 1 amide bonds. The highest BCUT2D eigenvalue weighted by Crippen LogP contribution is 2.23. The molecule has 1 N–H and O–H groups in total. The van der Waals surface area contributed by atoms with Crippen LogP contribution in [0.1, 0.15) is 29.5 Å². The van der Waals surface area contributed by atoms with Crippen LogP contribution in [0.5, 0.6) is 5.75 Å². The van der Waals surface area contributed by atoms with Gasteiger partial charge in [0.25, 0.3) is 0 Å². The molecule has 0 radical (unpaired) electrons. The van der Waals surface area contributed by atoms with Gasteiger partial charge in [0.05, 0.1) is 41.9 Å². The Labute approximate surface area is 167 Å². The first kappa shape index (κ1) is 19.8. The third-order valence-corrected chi connectivity index (χ3v) is 5.45. The van der Waals surface area contributed by atoms with Crippen LogP contribution in [0, 0.1) is 0 Å². The molecule has 1 aromatic heterocycles. The Morgan fingerprint density at radius 2 is 1.86 bits per heavy atom. The van der Waals surface area contributed by atoms with Crippen molar-refractivity contribution in [3.63, 3.8) is 0 Å². The molecule has 1 atom stereocenters. The van der Waals surface area contributed by atoms with E-state index in [4.69, 9.17) is 9.47 Å². The number of para-hydroxylation sites is 1. The maximum atomic E-state index is 12.5. The number of hydrogen-bond donors (Lipinski definition) is 1. The van der Waals surface area contributed by atoms with E-state index >= 15 is 0 Å². The number of esters is 1. The quantitative estimate of drug-likeness (QED) is 0.586. The second-order valence-corrected chi connectivity index (χ2v) is 7.36. The van der Waals surface area contributed by atoms with Crippen molar-refractivity contribution in [3.05, 3.63) is 59.1 Å². The van der Waals surface area contributed by atoms with Crippen molar-refractivity contribution in [2.45, 2.75) is 25.3 Å². The first-order chi connectivity index (χ1) is 13.6. The molecule has 0 saturated heterocycles. The molecule has 146 valence electrons. The molecule has 3 aromatic rings. The van der Waals surface area contributed by atoms with Gasteiger partial charge in [-0.2, -0.15) is 0 Å². The molecule has 0 aliphatic carbocycles. The lowest BCUT2D eigenvalue weighted by Gasteiger charge is -2.18. The Morgan fingerprint density at radius 1 is 1.11 bits per heavy atom. The van der Waals surface area contributed by atoms with Gasteiger partial charge in [-0.25, -0.2) is 4.98 Å². The summed E-state index contributed by atoms with van der Waals surface area (Å²) >= 11 is 1.59. The van der Waals surface area contributed by atoms with Gasteiger partial charge in [-0.15, -0.1) is 11.3 Å². The minimum atomic E-state index is -0.457. The van der Waals surface area contributed by atoms with Gasteiger partial charge in [-0.3, -0.25) is 9.59 Å². The van der Waals surface area contributed by atoms with E-state index in [0.717, 1.165) is 20.8 Å². The number of carbonyl (C=O) groups is 2. The van der Waals surface area contributed by atoms with E-state index in [1.165, 1.54) is 7.11 Å². The fraction of sp³-hybridized carbons (Fsp3) is 0.286. The van der Waals surface area contributed by atoms with Gasteiger partial charge in [0.2, 0.25) is 5.91 Å². The molecule has 0 saturated carbocycles. The van der Waals surface area contributed by atoms with Crippen molar-refractivity contribution in [3.8, 4) is 5.75 Å². The van der Waals surface area contributed by atoms with Crippen molar-refractivity contribution >= 4 is 33.4 Å². The van der Waals surface area contributed by atoms with Gasteiger partial charge in [0, 0.05) is 12.8 Å². The number of nitrogens with zero attached hydrogens (tertiary/aromatic N) is 1. The van der Waals surface area contributed by atoms with E-state index in [0.29, 0.717) is 18.6 Å². The summed E-state index contributed by atoms with van der Waals surface area (Å²) in [7, 11) is 2.92. The fourth-order valence-electron chi connectivity index (χ4n) is 2.85. The second-order valence-electron chi connectivity index (χ2n) is 6.25. The summed E-state index contributed by atoms with van der Waals surface area (Å²) < 4.78 is 11.0. The van der Waals surface area contributed by atoms with Crippen LogP contribution in [0.2, 0.25) is 0 Å². The van der Waals surface area contributed by atoms with E-state index in [1.807, 2.05) is 36.4 Å². The Morgan fingerprint density at radius 3 is 2.54 bits per heavy atom. The van der Waals surface area contributed by atoms with Gasteiger partial charge in [0.1, 0.15) is 5.75 Å². The Balaban J connectivity index is 1.64. The lowest BCUT2D eigenvalue weighted by Crippen LogP contribution is -2.30. The molecule has 1 heterocycles. The largest absolute Gasteiger partial charge is 0.497 e. The van der Waals surface area contributed by atoms with Crippen molar-refractivity contribution in [2.24, 2.45) is 0 Å². The number of thiazole rings is 1. The predicted octanol–water partition coefficient (Wildman–Crippen LogP) is 3.66. The van der Waals surface area contributed by atoms with Gasteiger partial charge < -0.3 is 14.8 Å². The van der Waals surface area contributed by atoms with Crippen LogP contribution >= 0.6 is 11.3 Å². The normalized spacial score (nSPS) is 11.8. The summed E-state index contributed by atoms with van der Waals surface area (Å²) in [6.45, 7) is 0. The zero-order valence-electron chi connectivity index (χ0n) is 15.8. The van der Waals surface area contributed by atoms with Crippen LogP contribution < -0.4 is 10.1 Å². The molecule has 3 rings (SSSR count).